The molecule has 1 amide bonds. The maximum Gasteiger partial charge on any atom is 0.257 e. The van der Waals surface area contributed by atoms with Gasteiger partial charge in [0.2, 0.25) is 0 Å². The zero-order chi connectivity index (χ0) is 18.4. The van der Waals surface area contributed by atoms with Crippen LogP contribution in [-0.4, -0.2) is 10.9 Å². The van der Waals surface area contributed by atoms with Crippen molar-refractivity contribution in [3.8, 4) is 0 Å². The van der Waals surface area contributed by atoms with Crippen molar-refractivity contribution in [3.63, 3.8) is 0 Å². The molecule has 134 valence electrons. The van der Waals surface area contributed by atoms with Crippen LogP contribution >= 0.6 is 0 Å². The third-order valence-electron chi connectivity index (χ3n) is 4.28. The number of benzene rings is 1. The molecule has 0 aliphatic heterocycles. The first-order valence-electron chi connectivity index (χ1n) is 8.84. The van der Waals surface area contributed by atoms with Crippen molar-refractivity contribution in [1.82, 2.24) is 4.98 Å². The van der Waals surface area contributed by atoms with E-state index in [1.54, 1.807) is 24.7 Å². The zero-order valence-corrected chi connectivity index (χ0v) is 15.1. The molecule has 5 heteroatoms. The highest BCUT2D eigenvalue weighted by atomic mass is 16.3. The first-order valence-corrected chi connectivity index (χ1v) is 8.84. The summed E-state index contributed by atoms with van der Waals surface area (Å²) in [5, 5.41) is 6.28. The number of anilines is 2. The SMILES string of the molecule is CCc1cccc(CC)c1NC(=O)c1cncc(NCc2ccco2)c1. The molecule has 0 fully saturated rings. The van der Waals surface area contributed by atoms with Crippen molar-refractivity contribution in [2.45, 2.75) is 33.2 Å². The normalized spacial score (nSPS) is 10.5. The molecule has 0 atom stereocenters. The molecule has 0 saturated heterocycles. The number of carbonyl (C=O) groups is 1. The number of hydrogen-bond donors (Lipinski definition) is 2. The van der Waals surface area contributed by atoms with Crippen molar-refractivity contribution in [1.29, 1.82) is 0 Å². The number of furan rings is 1. The highest BCUT2D eigenvalue weighted by Crippen LogP contribution is 2.23. The summed E-state index contributed by atoms with van der Waals surface area (Å²) in [6.07, 6.45) is 6.64. The van der Waals surface area contributed by atoms with Gasteiger partial charge in [-0.05, 0) is 42.2 Å². The van der Waals surface area contributed by atoms with Crippen molar-refractivity contribution in [2.75, 3.05) is 10.6 Å². The fourth-order valence-corrected chi connectivity index (χ4v) is 2.85. The van der Waals surface area contributed by atoms with E-state index in [9.17, 15) is 4.79 Å². The number of nitrogens with one attached hydrogen (secondary N) is 2. The van der Waals surface area contributed by atoms with E-state index >= 15 is 0 Å². The maximum atomic E-state index is 12.7. The Morgan fingerprint density at radius 2 is 1.85 bits per heavy atom. The minimum absolute atomic E-state index is 0.158. The van der Waals surface area contributed by atoms with Crippen LogP contribution in [0.25, 0.3) is 0 Å². The van der Waals surface area contributed by atoms with Gasteiger partial charge in [0.25, 0.3) is 5.91 Å². The van der Waals surface area contributed by atoms with Crippen LogP contribution in [-0.2, 0) is 19.4 Å². The molecule has 0 unspecified atom stereocenters. The molecule has 3 rings (SSSR count). The van der Waals surface area contributed by atoms with Crippen molar-refractivity contribution in [2.24, 2.45) is 0 Å². The number of pyridine rings is 1. The lowest BCUT2D eigenvalue weighted by atomic mass is 10.0. The molecule has 0 aliphatic carbocycles. The van der Waals surface area contributed by atoms with Crippen LogP contribution in [0.2, 0.25) is 0 Å². The number of para-hydroxylation sites is 1. The Balaban J connectivity index is 1.75. The number of aromatic nitrogens is 1. The lowest BCUT2D eigenvalue weighted by molar-refractivity contribution is 0.102. The Labute approximate surface area is 153 Å². The lowest BCUT2D eigenvalue weighted by Crippen LogP contribution is -2.15. The largest absolute Gasteiger partial charge is 0.467 e. The van der Waals surface area contributed by atoms with Gasteiger partial charge in [0.05, 0.1) is 24.1 Å². The average molecular weight is 349 g/mol. The van der Waals surface area contributed by atoms with E-state index in [4.69, 9.17) is 4.42 Å². The van der Waals surface area contributed by atoms with Gasteiger partial charge in [0.15, 0.2) is 0 Å². The zero-order valence-electron chi connectivity index (χ0n) is 15.1. The van der Waals surface area contributed by atoms with E-state index in [0.29, 0.717) is 12.1 Å². The highest BCUT2D eigenvalue weighted by molar-refractivity contribution is 6.05. The monoisotopic (exact) mass is 349 g/mol. The maximum absolute atomic E-state index is 12.7. The summed E-state index contributed by atoms with van der Waals surface area (Å²) in [6.45, 7) is 4.72. The average Bonchev–Trinajstić information content (AvgIpc) is 3.20. The van der Waals surface area contributed by atoms with Crippen LogP contribution in [0.15, 0.2) is 59.5 Å². The first kappa shape index (κ1) is 17.7. The number of rotatable bonds is 7. The molecular formula is C21H23N3O2. The smallest absolute Gasteiger partial charge is 0.257 e. The molecule has 3 aromatic rings. The number of aryl methyl sites for hydroxylation is 2. The molecule has 2 aromatic heterocycles. The molecular weight excluding hydrogens is 326 g/mol. The second-order valence-corrected chi connectivity index (χ2v) is 6.01. The molecule has 2 heterocycles. The number of amides is 1. The van der Waals surface area contributed by atoms with Crippen molar-refractivity contribution in [3.05, 3.63) is 77.5 Å². The van der Waals surface area contributed by atoms with Crippen LogP contribution in [0.3, 0.4) is 0 Å². The van der Waals surface area contributed by atoms with E-state index in [2.05, 4.69) is 29.5 Å². The predicted octanol–water partition coefficient (Wildman–Crippen LogP) is 4.66. The summed E-state index contributed by atoms with van der Waals surface area (Å²) in [7, 11) is 0. The Kier molecular flexibility index (Phi) is 5.69. The number of hydrogen-bond acceptors (Lipinski definition) is 4. The quantitative estimate of drug-likeness (QED) is 0.651. The minimum atomic E-state index is -0.158. The molecule has 1 aromatic carbocycles. The van der Waals surface area contributed by atoms with Crippen LogP contribution in [0.1, 0.15) is 41.1 Å². The third kappa shape index (κ3) is 4.11. The van der Waals surface area contributed by atoms with Crippen LogP contribution in [0.5, 0.6) is 0 Å². The van der Waals surface area contributed by atoms with Crippen LogP contribution in [0, 0.1) is 0 Å². The molecule has 0 spiro atoms. The van der Waals surface area contributed by atoms with E-state index in [-0.39, 0.29) is 5.91 Å². The molecule has 0 aliphatic rings. The summed E-state index contributed by atoms with van der Waals surface area (Å²) in [5.41, 5.74) is 4.47. The van der Waals surface area contributed by atoms with Crippen molar-refractivity contribution < 1.29 is 9.21 Å². The molecule has 0 radical (unpaired) electrons. The van der Waals surface area contributed by atoms with Gasteiger partial charge < -0.3 is 15.1 Å². The van der Waals surface area contributed by atoms with E-state index in [1.807, 2.05) is 30.3 Å². The van der Waals surface area contributed by atoms with E-state index < -0.39 is 0 Å². The Bertz CT molecular complexity index is 850. The summed E-state index contributed by atoms with van der Waals surface area (Å²) in [6, 6.07) is 11.7. The van der Waals surface area contributed by atoms with Gasteiger partial charge in [-0.3, -0.25) is 9.78 Å². The standard InChI is InChI=1S/C21H23N3O2/c1-3-15-7-5-8-16(4-2)20(15)24-21(25)17-11-18(13-22-12-17)23-14-19-9-6-10-26-19/h5-13,23H,3-4,14H2,1-2H3,(H,24,25). The van der Waals surface area contributed by atoms with Gasteiger partial charge in [-0.25, -0.2) is 0 Å². The van der Waals surface area contributed by atoms with Crippen LogP contribution in [0.4, 0.5) is 11.4 Å². The van der Waals surface area contributed by atoms with Crippen LogP contribution < -0.4 is 10.6 Å². The molecule has 26 heavy (non-hydrogen) atoms. The van der Waals surface area contributed by atoms with Crippen molar-refractivity contribution >= 4 is 17.3 Å². The van der Waals surface area contributed by atoms with Gasteiger partial charge in [0.1, 0.15) is 5.76 Å². The van der Waals surface area contributed by atoms with Gasteiger partial charge in [0, 0.05) is 18.1 Å². The second kappa shape index (κ2) is 8.34. The summed E-state index contributed by atoms with van der Waals surface area (Å²) >= 11 is 0. The topological polar surface area (TPSA) is 67.2 Å². The number of nitrogens with zero attached hydrogens (tertiary/aromatic N) is 1. The molecule has 2 N–H and O–H groups in total. The van der Waals surface area contributed by atoms with Gasteiger partial charge in [-0.15, -0.1) is 0 Å². The molecule has 5 nitrogen and oxygen atoms in total. The summed E-state index contributed by atoms with van der Waals surface area (Å²) < 4.78 is 5.30. The second-order valence-electron chi connectivity index (χ2n) is 6.01. The minimum Gasteiger partial charge on any atom is -0.467 e. The predicted molar refractivity (Wildman–Crippen MR) is 103 cm³/mol. The highest BCUT2D eigenvalue weighted by Gasteiger charge is 2.12. The fourth-order valence-electron chi connectivity index (χ4n) is 2.85. The first-order chi connectivity index (χ1) is 12.7. The fraction of sp³-hybridized carbons (Fsp3) is 0.238. The Morgan fingerprint density at radius 1 is 1.08 bits per heavy atom. The van der Waals surface area contributed by atoms with E-state index in [1.165, 1.54) is 0 Å². The Hall–Kier alpha value is -3.08. The van der Waals surface area contributed by atoms with Gasteiger partial charge in [-0.2, -0.15) is 0 Å². The van der Waals surface area contributed by atoms with E-state index in [0.717, 1.165) is 41.1 Å². The summed E-state index contributed by atoms with van der Waals surface area (Å²) in [5.74, 6) is 0.666. The Morgan fingerprint density at radius 3 is 2.50 bits per heavy atom. The van der Waals surface area contributed by atoms with Gasteiger partial charge in [-0.1, -0.05) is 32.0 Å². The molecule has 0 bridgehead atoms. The van der Waals surface area contributed by atoms with Gasteiger partial charge >= 0.3 is 0 Å². The number of carbonyl (C=O) groups excluding carboxylic acids is 1. The third-order valence-corrected chi connectivity index (χ3v) is 4.28. The lowest BCUT2D eigenvalue weighted by Gasteiger charge is -2.14. The summed E-state index contributed by atoms with van der Waals surface area (Å²) in [4.78, 5) is 16.9. The molecule has 0 saturated carbocycles.